The minimum Gasteiger partial charge on any atom is -0.497 e. The van der Waals surface area contributed by atoms with E-state index in [1.165, 1.54) is 45.2 Å². The molecule has 2 aliphatic heterocycles. The van der Waals surface area contributed by atoms with E-state index < -0.39 is 0 Å². The lowest BCUT2D eigenvalue weighted by atomic mass is 9.83. The second kappa shape index (κ2) is 7.31. The van der Waals surface area contributed by atoms with E-state index in [0.717, 1.165) is 28.8 Å². The summed E-state index contributed by atoms with van der Waals surface area (Å²) in [4.78, 5) is 18.7. The van der Waals surface area contributed by atoms with Gasteiger partial charge >= 0.3 is 0 Å². The van der Waals surface area contributed by atoms with Gasteiger partial charge in [0.1, 0.15) is 11.4 Å². The molecule has 0 aliphatic carbocycles. The van der Waals surface area contributed by atoms with Gasteiger partial charge in [-0.2, -0.15) is 0 Å². The van der Waals surface area contributed by atoms with E-state index >= 15 is 0 Å². The first kappa shape index (κ1) is 17.4. The average Bonchev–Trinajstić information content (AvgIpc) is 3.02. The average molecular weight is 355 g/mol. The maximum absolute atomic E-state index is 12.8. The number of hydrogen-bond donors (Lipinski definition) is 2. The second-order valence-electron chi connectivity index (χ2n) is 7.75. The molecule has 0 saturated carbocycles. The van der Waals surface area contributed by atoms with Crippen molar-refractivity contribution in [2.75, 3.05) is 26.7 Å². The number of carbonyl (C=O) groups excluding carboxylic acids is 1. The Morgan fingerprint density at radius 1 is 1.27 bits per heavy atom. The van der Waals surface area contributed by atoms with Crippen LogP contribution < -0.4 is 10.1 Å². The number of piperidine rings is 2. The number of aryl methyl sites for hydroxylation is 1. The van der Waals surface area contributed by atoms with Crippen LogP contribution in [-0.2, 0) is 0 Å². The number of methoxy groups -OCH3 is 1. The topological polar surface area (TPSA) is 57.4 Å². The molecule has 2 aliphatic rings. The number of ether oxygens (including phenoxy) is 1. The number of aromatic nitrogens is 1. The Kier molecular flexibility index (Phi) is 4.90. The smallest absolute Gasteiger partial charge is 0.268 e. The van der Waals surface area contributed by atoms with E-state index in [-0.39, 0.29) is 5.91 Å². The van der Waals surface area contributed by atoms with Crippen LogP contribution in [0.1, 0.15) is 48.2 Å². The highest BCUT2D eigenvalue weighted by atomic mass is 16.5. The molecule has 1 amide bonds. The molecule has 1 aromatic carbocycles. The van der Waals surface area contributed by atoms with Crippen molar-refractivity contribution in [3.8, 4) is 5.75 Å². The van der Waals surface area contributed by atoms with Crippen molar-refractivity contribution in [3.05, 3.63) is 29.5 Å². The second-order valence-corrected chi connectivity index (χ2v) is 7.75. The Morgan fingerprint density at radius 3 is 2.96 bits per heavy atom. The lowest BCUT2D eigenvalue weighted by Gasteiger charge is -2.44. The van der Waals surface area contributed by atoms with Crippen LogP contribution in [0.25, 0.3) is 10.9 Å². The number of benzene rings is 1. The molecular formula is C21H29N3O2. The van der Waals surface area contributed by atoms with Gasteiger partial charge in [-0.05, 0) is 75.4 Å². The fourth-order valence-corrected chi connectivity index (χ4v) is 4.79. The molecule has 2 aromatic rings. The highest BCUT2D eigenvalue weighted by molar-refractivity contribution is 6.01. The first-order valence-corrected chi connectivity index (χ1v) is 9.86. The third kappa shape index (κ3) is 3.20. The van der Waals surface area contributed by atoms with Crippen molar-refractivity contribution in [3.63, 3.8) is 0 Å². The predicted molar refractivity (Wildman–Crippen MR) is 104 cm³/mol. The monoisotopic (exact) mass is 355 g/mol. The number of nitrogens with one attached hydrogen (secondary N) is 2. The SMILES string of the molecule is COc1ccc2[nH]c(C(=O)NC[C@H]3CCCN4CCCC[C@H]34)c(C)c2c1. The van der Waals surface area contributed by atoms with Crippen molar-refractivity contribution in [2.45, 2.75) is 45.1 Å². The summed E-state index contributed by atoms with van der Waals surface area (Å²) in [5.41, 5.74) is 2.63. The van der Waals surface area contributed by atoms with Gasteiger partial charge in [-0.3, -0.25) is 4.79 Å². The minimum absolute atomic E-state index is 0.00518. The van der Waals surface area contributed by atoms with Gasteiger partial charge in [0.25, 0.3) is 5.91 Å². The van der Waals surface area contributed by atoms with Gasteiger partial charge in [0.15, 0.2) is 0 Å². The molecule has 2 saturated heterocycles. The molecule has 5 heteroatoms. The highest BCUT2D eigenvalue weighted by Gasteiger charge is 2.33. The normalized spacial score (nSPS) is 23.6. The third-order valence-corrected chi connectivity index (χ3v) is 6.25. The van der Waals surface area contributed by atoms with E-state index in [2.05, 4.69) is 15.2 Å². The van der Waals surface area contributed by atoms with Gasteiger partial charge in [0.2, 0.25) is 0 Å². The Labute approximate surface area is 155 Å². The zero-order valence-electron chi connectivity index (χ0n) is 15.8. The van der Waals surface area contributed by atoms with Gasteiger partial charge in [0.05, 0.1) is 7.11 Å². The molecule has 5 nitrogen and oxygen atoms in total. The number of H-pyrrole nitrogens is 1. The van der Waals surface area contributed by atoms with Crippen LogP contribution in [0.2, 0.25) is 0 Å². The predicted octanol–water partition coefficient (Wildman–Crippen LogP) is 3.48. The summed E-state index contributed by atoms with van der Waals surface area (Å²) in [6.45, 7) is 5.24. The van der Waals surface area contributed by atoms with Gasteiger partial charge < -0.3 is 19.9 Å². The van der Waals surface area contributed by atoms with Crippen molar-refractivity contribution in [1.82, 2.24) is 15.2 Å². The summed E-state index contributed by atoms with van der Waals surface area (Å²) < 4.78 is 5.31. The molecule has 26 heavy (non-hydrogen) atoms. The number of aromatic amines is 1. The summed E-state index contributed by atoms with van der Waals surface area (Å²) >= 11 is 0. The van der Waals surface area contributed by atoms with E-state index in [0.29, 0.717) is 17.7 Å². The highest BCUT2D eigenvalue weighted by Crippen LogP contribution is 2.31. The van der Waals surface area contributed by atoms with Crippen LogP contribution >= 0.6 is 0 Å². The van der Waals surface area contributed by atoms with Gasteiger partial charge in [-0.25, -0.2) is 0 Å². The lowest BCUT2D eigenvalue weighted by Crippen LogP contribution is -2.51. The summed E-state index contributed by atoms with van der Waals surface area (Å²) in [7, 11) is 1.66. The Morgan fingerprint density at radius 2 is 2.12 bits per heavy atom. The van der Waals surface area contributed by atoms with Gasteiger partial charge in [-0.1, -0.05) is 6.42 Å². The van der Waals surface area contributed by atoms with Crippen molar-refractivity contribution >= 4 is 16.8 Å². The van der Waals surface area contributed by atoms with Crippen LogP contribution in [0.3, 0.4) is 0 Å². The maximum Gasteiger partial charge on any atom is 0.268 e. The number of amides is 1. The van der Waals surface area contributed by atoms with Crippen LogP contribution in [0, 0.1) is 12.8 Å². The molecule has 2 atom stereocenters. The molecular weight excluding hydrogens is 326 g/mol. The van der Waals surface area contributed by atoms with Gasteiger partial charge in [0, 0.05) is 23.5 Å². The van der Waals surface area contributed by atoms with Crippen LogP contribution in [0.15, 0.2) is 18.2 Å². The van der Waals surface area contributed by atoms with E-state index in [1.807, 2.05) is 25.1 Å². The minimum atomic E-state index is 0.00518. The summed E-state index contributed by atoms with van der Waals surface area (Å²) in [6, 6.07) is 6.53. The zero-order chi connectivity index (χ0) is 18.1. The Bertz CT molecular complexity index is 796. The van der Waals surface area contributed by atoms with Crippen molar-refractivity contribution in [2.24, 2.45) is 5.92 Å². The fraction of sp³-hybridized carbons (Fsp3) is 0.571. The number of rotatable bonds is 4. The van der Waals surface area contributed by atoms with Crippen LogP contribution in [0.5, 0.6) is 5.75 Å². The molecule has 4 rings (SSSR count). The Balaban J connectivity index is 1.46. The first-order chi connectivity index (χ1) is 12.7. The quantitative estimate of drug-likeness (QED) is 0.883. The zero-order valence-corrected chi connectivity index (χ0v) is 15.8. The molecule has 2 fully saturated rings. The molecule has 0 spiro atoms. The van der Waals surface area contributed by atoms with Crippen molar-refractivity contribution < 1.29 is 9.53 Å². The largest absolute Gasteiger partial charge is 0.497 e. The van der Waals surface area contributed by atoms with E-state index in [4.69, 9.17) is 4.74 Å². The van der Waals surface area contributed by atoms with Gasteiger partial charge in [-0.15, -0.1) is 0 Å². The number of nitrogens with zero attached hydrogens (tertiary/aromatic N) is 1. The van der Waals surface area contributed by atoms with E-state index in [9.17, 15) is 4.79 Å². The van der Waals surface area contributed by atoms with Crippen LogP contribution in [0.4, 0.5) is 0 Å². The molecule has 2 N–H and O–H groups in total. The summed E-state index contributed by atoms with van der Waals surface area (Å²) in [5.74, 6) is 1.40. The Hall–Kier alpha value is -2.01. The number of hydrogen-bond acceptors (Lipinski definition) is 3. The number of carbonyl (C=O) groups is 1. The molecule has 0 unspecified atom stereocenters. The third-order valence-electron chi connectivity index (χ3n) is 6.25. The molecule has 140 valence electrons. The maximum atomic E-state index is 12.8. The lowest BCUT2D eigenvalue weighted by molar-refractivity contribution is 0.0575. The first-order valence-electron chi connectivity index (χ1n) is 9.86. The van der Waals surface area contributed by atoms with E-state index in [1.54, 1.807) is 7.11 Å². The summed E-state index contributed by atoms with van der Waals surface area (Å²) in [5, 5.41) is 4.25. The standard InChI is InChI=1S/C21H29N3O2/c1-14-17-12-16(26-2)8-9-18(17)23-20(14)21(25)22-13-15-6-5-11-24-10-4-3-7-19(15)24/h8-9,12,15,19,23H,3-7,10-11,13H2,1-2H3,(H,22,25)/t15-,19-/m1/s1. The number of fused-ring (bicyclic) bond motifs is 2. The summed E-state index contributed by atoms with van der Waals surface area (Å²) in [6.07, 6.45) is 6.42. The molecule has 0 radical (unpaired) electrons. The fourth-order valence-electron chi connectivity index (χ4n) is 4.79. The molecule has 0 bridgehead atoms. The molecule has 1 aromatic heterocycles. The van der Waals surface area contributed by atoms with Crippen molar-refractivity contribution in [1.29, 1.82) is 0 Å². The van der Waals surface area contributed by atoms with Crippen LogP contribution in [-0.4, -0.2) is 48.6 Å². The molecule has 3 heterocycles.